The van der Waals surface area contributed by atoms with E-state index >= 15 is 0 Å². The molecule has 0 unspecified atom stereocenters. The number of aromatic nitrogens is 2. The van der Waals surface area contributed by atoms with Crippen molar-refractivity contribution in [3.63, 3.8) is 0 Å². The largest absolute Gasteiger partial charge is 0.302 e. The fourth-order valence-electron chi connectivity index (χ4n) is 3.09. The minimum atomic E-state index is -0.229. The Bertz CT molecular complexity index is 1230. The van der Waals surface area contributed by atoms with Crippen molar-refractivity contribution in [2.75, 3.05) is 10.6 Å². The lowest BCUT2D eigenvalue weighted by atomic mass is 10.0. The van der Waals surface area contributed by atoms with Crippen LogP contribution in [0.3, 0.4) is 0 Å². The summed E-state index contributed by atoms with van der Waals surface area (Å²) in [6.07, 6.45) is 0.107. The zero-order valence-electron chi connectivity index (χ0n) is 17.0. The molecule has 0 spiro atoms. The van der Waals surface area contributed by atoms with Gasteiger partial charge in [-0.1, -0.05) is 42.0 Å². The molecule has 2 aromatic heterocycles. The van der Waals surface area contributed by atoms with Gasteiger partial charge in [0.05, 0.1) is 17.8 Å². The van der Waals surface area contributed by atoms with E-state index in [4.69, 9.17) is 0 Å². The van der Waals surface area contributed by atoms with Gasteiger partial charge in [-0.3, -0.25) is 14.9 Å². The van der Waals surface area contributed by atoms with Gasteiger partial charge < -0.3 is 5.32 Å². The van der Waals surface area contributed by atoms with E-state index in [1.54, 1.807) is 29.6 Å². The van der Waals surface area contributed by atoms with E-state index in [9.17, 15) is 9.59 Å². The first-order valence-corrected chi connectivity index (χ1v) is 11.4. The number of nitrogens with zero attached hydrogens (tertiary/aromatic N) is 2. The Kier molecular flexibility index (Phi) is 6.20. The van der Waals surface area contributed by atoms with Gasteiger partial charge in [0.2, 0.25) is 5.91 Å². The van der Waals surface area contributed by atoms with Crippen LogP contribution in [0.2, 0.25) is 0 Å². The smallest absolute Gasteiger partial charge is 0.257 e. The third-order valence-electron chi connectivity index (χ3n) is 4.56. The molecule has 2 aromatic carbocycles. The number of thiazole rings is 2. The van der Waals surface area contributed by atoms with Gasteiger partial charge in [-0.05, 0) is 31.5 Å². The molecule has 8 heteroatoms. The predicted octanol–water partition coefficient (Wildman–Crippen LogP) is 5.32. The van der Waals surface area contributed by atoms with E-state index in [0.29, 0.717) is 21.5 Å². The number of amides is 2. The topological polar surface area (TPSA) is 84.0 Å². The number of carbonyl (C=O) groups is 2. The fourth-order valence-corrected chi connectivity index (χ4v) is 4.52. The fraction of sp³-hybridized carbons (Fsp3) is 0.130. The van der Waals surface area contributed by atoms with E-state index in [1.807, 2.05) is 17.5 Å². The molecule has 2 N–H and O–H groups in total. The molecule has 0 aliphatic carbocycles. The number of rotatable bonds is 6. The van der Waals surface area contributed by atoms with Crippen LogP contribution in [0.5, 0.6) is 0 Å². The second-order valence-electron chi connectivity index (χ2n) is 7.05. The number of benzene rings is 2. The average Bonchev–Trinajstić information content (AvgIpc) is 3.38. The summed E-state index contributed by atoms with van der Waals surface area (Å²) in [6, 6.07) is 15.1. The molecule has 0 aliphatic heterocycles. The van der Waals surface area contributed by atoms with E-state index in [-0.39, 0.29) is 18.2 Å². The van der Waals surface area contributed by atoms with E-state index in [0.717, 1.165) is 16.8 Å². The molecule has 0 bridgehead atoms. The highest BCUT2D eigenvalue weighted by atomic mass is 32.1. The van der Waals surface area contributed by atoms with Gasteiger partial charge in [0.15, 0.2) is 10.3 Å². The Morgan fingerprint density at radius 2 is 1.65 bits per heavy atom. The summed E-state index contributed by atoms with van der Waals surface area (Å²) in [5.74, 6) is -0.430. The summed E-state index contributed by atoms with van der Waals surface area (Å²) in [5, 5.41) is 10.3. The molecule has 0 radical (unpaired) electrons. The minimum absolute atomic E-state index is 0.107. The minimum Gasteiger partial charge on any atom is -0.302 e. The third-order valence-corrected chi connectivity index (χ3v) is 6.12. The molecule has 0 saturated heterocycles. The van der Waals surface area contributed by atoms with Crippen LogP contribution in [0.15, 0.2) is 59.3 Å². The van der Waals surface area contributed by atoms with Crippen molar-refractivity contribution in [1.82, 2.24) is 9.97 Å². The second kappa shape index (κ2) is 9.20. The predicted molar refractivity (Wildman–Crippen MR) is 126 cm³/mol. The number of nitrogens with one attached hydrogen (secondary N) is 2. The molecule has 4 aromatic rings. The van der Waals surface area contributed by atoms with E-state index < -0.39 is 0 Å². The number of anilines is 2. The second-order valence-corrected chi connectivity index (χ2v) is 8.76. The van der Waals surface area contributed by atoms with Crippen LogP contribution in [-0.2, 0) is 11.2 Å². The zero-order chi connectivity index (χ0) is 21.8. The van der Waals surface area contributed by atoms with Gasteiger partial charge in [0, 0.05) is 21.9 Å². The van der Waals surface area contributed by atoms with Gasteiger partial charge in [0.1, 0.15) is 0 Å². The van der Waals surface area contributed by atoms with Crippen molar-refractivity contribution >= 4 is 44.8 Å². The molecule has 2 heterocycles. The molecule has 31 heavy (non-hydrogen) atoms. The highest BCUT2D eigenvalue weighted by molar-refractivity contribution is 7.14. The molecule has 0 saturated carbocycles. The molecule has 156 valence electrons. The highest BCUT2D eigenvalue weighted by Gasteiger charge is 2.13. The lowest BCUT2D eigenvalue weighted by Gasteiger charge is -2.03. The maximum absolute atomic E-state index is 12.4. The van der Waals surface area contributed by atoms with Crippen LogP contribution in [0, 0.1) is 13.8 Å². The van der Waals surface area contributed by atoms with Crippen LogP contribution >= 0.6 is 22.7 Å². The van der Waals surface area contributed by atoms with Gasteiger partial charge in [-0.2, -0.15) is 0 Å². The molecular weight excluding hydrogens is 428 g/mol. The summed E-state index contributed by atoms with van der Waals surface area (Å²) < 4.78 is 0. The number of aryl methyl sites for hydroxylation is 2. The van der Waals surface area contributed by atoms with Crippen LogP contribution in [0.1, 0.15) is 27.2 Å². The quantitative estimate of drug-likeness (QED) is 0.418. The standard InChI is InChI=1S/C23H20N4O2S2/c1-14-8-9-18(15(2)10-14)19-13-31-23(25-19)26-20(28)11-17-12-30-22(24-17)27-21(29)16-6-4-3-5-7-16/h3-10,12-13H,11H2,1-2H3,(H,24,27,29)(H,25,26,28). The van der Waals surface area contributed by atoms with E-state index in [2.05, 4.69) is 46.6 Å². The monoisotopic (exact) mass is 448 g/mol. The Morgan fingerprint density at radius 3 is 2.42 bits per heavy atom. The molecule has 0 fully saturated rings. The molecular formula is C23H20N4O2S2. The first-order valence-electron chi connectivity index (χ1n) is 9.62. The number of carbonyl (C=O) groups excluding carboxylic acids is 2. The first kappa shape index (κ1) is 20.9. The molecule has 2 amide bonds. The van der Waals surface area contributed by atoms with Crippen LogP contribution in [0.4, 0.5) is 10.3 Å². The Hall–Kier alpha value is -3.36. The highest BCUT2D eigenvalue weighted by Crippen LogP contribution is 2.28. The normalized spacial score (nSPS) is 10.6. The van der Waals surface area contributed by atoms with Crippen molar-refractivity contribution in [1.29, 1.82) is 0 Å². The van der Waals surface area contributed by atoms with Crippen molar-refractivity contribution in [2.24, 2.45) is 0 Å². The zero-order valence-corrected chi connectivity index (χ0v) is 18.6. The van der Waals surface area contributed by atoms with Gasteiger partial charge in [-0.15, -0.1) is 22.7 Å². The summed E-state index contributed by atoms with van der Waals surface area (Å²) in [7, 11) is 0. The average molecular weight is 449 g/mol. The van der Waals surface area contributed by atoms with E-state index in [1.165, 1.54) is 28.2 Å². The van der Waals surface area contributed by atoms with Crippen molar-refractivity contribution in [3.8, 4) is 11.3 Å². The van der Waals surface area contributed by atoms with Crippen molar-refractivity contribution in [2.45, 2.75) is 20.3 Å². The molecule has 0 aliphatic rings. The van der Waals surface area contributed by atoms with Gasteiger partial charge >= 0.3 is 0 Å². The van der Waals surface area contributed by atoms with Gasteiger partial charge in [0.25, 0.3) is 5.91 Å². The summed E-state index contributed by atoms with van der Waals surface area (Å²) >= 11 is 2.68. The number of hydrogen-bond donors (Lipinski definition) is 2. The summed E-state index contributed by atoms with van der Waals surface area (Å²) in [6.45, 7) is 4.11. The maximum Gasteiger partial charge on any atom is 0.257 e. The van der Waals surface area contributed by atoms with Crippen LogP contribution in [0.25, 0.3) is 11.3 Å². The van der Waals surface area contributed by atoms with Gasteiger partial charge in [-0.25, -0.2) is 9.97 Å². The molecule has 4 rings (SSSR count). The lowest BCUT2D eigenvalue weighted by Crippen LogP contribution is -2.15. The molecule has 0 atom stereocenters. The number of hydrogen-bond acceptors (Lipinski definition) is 6. The van der Waals surface area contributed by atoms with Crippen LogP contribution in [-0.4, -0.2) is 21.8 Å². The Morgan fingerprint density at radius 1 is 0.903 bits per heavy atom. The SMILES string of the molecule is Cc1ccc(-c2csc(NC(=O)Cc3csc(NC(=O)c4ccccc4)n3)n2)c(C)c1. The summed E-state index contributed by atoms with van der Waals surface area (Å²) in [5.41, 5.74) is 5.40. The lowest BCUT2D eigenvalue weighted by molar-refractivity contribution is -0.115. The third kappa shape index (κ3) is 5.22. The van der Waals surface area contributed by atoms with Crippen LogP contribution < -0.4 is 10.6 Å². The maximum atomic E-state index is 12.4. The summed E-state index contributed by atoms with van der Waals surface area (Å²) in [4.78, 5) is 33.5. The first-order chi connectivity index (χ1) is 15.0. The van der Waals surface area contributed by atoms with Crippen molar-refractivity contribution in [3.05, 3.63) is 81.7 Å². The Labute approximate surface area is 188 Å². The Balaban J connectivity index is 1.35. The van der Waals surface area contributed by atoms with Crippen molar-refractivity contribution < 1.29 is 9.59 Å². The molecule has 6 nitrogen and oxygen atoms in total.